The quantitative estimate of drug-likeness (QED) is 0.855. The molecule has 0 amide bonds. The van der Waals surface area contributed by atoms with Crippen molar-refractivity contribution in [3.05, 3.63) is 22.6 Å². The topological polar surface area (TPSA) is 19.6 Å². The SMILES string of the molecule is Brc1ccc(CN2CCCN(C3CC3)CC2)o1. The van der Waals surface area contributed by atoms with Gasteiger partial charge in [0.2, 0.25) is 0 Å². The van der Waals surface area contributed by atoms with Gasteiger partial charge < -0.3 is 4.42 Å². The summed E-state index contributed by atoms with van der Waals surface area (Å²) in [6, 6.07) is 4.95. The van der Waals surface area contributed by atoms with Crippen LogP contribution < -0.4 is 0 Å². The van der Waals surface area contributed by atoms with Crippen molar-refractivity contribution in [2.45, 2.75) is 31.8 Å². The van der Waals surface area contributed by atoms with Gasteiger partial charge >= 0.3 is 0 Å². The molecule has 1 saturated carbocycles. The predicted molar refractivity (Wildman–Crippen MR) is 70.9 cm³/mol. The van der Waals surface area contributed by atoms with Gasteiger partial charge in [-0.3, -0.25) is 9.80 Å². The fourth-order valence-electron chi connectivity index (χ4n) is 2.61. The van der Waals surface area contributed by atoms with E-state index in [2.05, 4.69) is 31.8 Å². The van der Waals surface area contributed by atoms with Crippen LogP contribution in [0.1, 0.15) is 25.0 Å². The van der Waals surface area contributed by atoms with Crippen LogP contribution in [0.25, 0.3) is 0 Å². The molecule has 2 fully saturated rings. The molecule has 1 saturated heterocycles. The van der Waals surface area contributed by atoms with Crippen molar-refractivity contribution >= 4 is 15.9 Å². The Morgan fingerprint density at radius 1 is 1.18 bits per heavy atom. The summed E-state index contributed by atoms with van der Waals surface area (Å²) in [5.74, 6) is 1.07. The van der Waals surface area contributed by atoms with Gasteiger partial charge in [-0.2, -0.15) is 0 Å². The average molecular weight is 299 g/mol. The van der Waals surface area contributed by atoms with Crippen LogP contribution in [0.4, 0.5) is 0 Å². The molecular formula is C13H19BrN2O. The molecule has 1 aliphatic heterocycles. The lowest BCUT2D eigenvalue weighted by molar-refractivity contribution is 0.233. The molecule has 0 spiro atoms. The van der Waals surface area contributed by atoms with Crippen LogP contribution in [-0.2, 0) is 6.54 Å². The zero-order chi connectivity index (χ0) is 11.7. The van der Waals surface area contributed by atoms with E-state index in [-0.39, 0.29) is 0 Å². The maximum Gasteiger partial charge on any atom is 0.169 e. The van der Waals surface area contributed by atoms with E-state index >= 15 is 0 Å². The first-order valence-corrected chi connectivity index (χ1v) is 7.31. The molecule has 17 heavy (non-hydrogen) atoms. The Morgan fingerprint density at radius 3 is 2.76 bits per heavy atom. The maximum absolute atomic E-state index is 5.58. The molecule has 0 aromatic carbocycles. The van der Waals surface area contributed by atoms with Crippen molar-refractivity contribution < 1.29 is 4.42 Å². The highest BCUT2D eigenvalue weighted by atomic mass is 79.9. The second-order valence-electron chi connectivity index (χ2n) is 5.10. The molecular weight excluding hydrogens is 280 g/mol. The second kappa shape index (κ2) is 5.12. The van der Waals surface area contributed by atoms with Crippen LogP contribution in [0.15, 0.2) is 21.2 Å². The first-order valence-electron chi connectivity index (χ1n) is 6.52. The van der Waals surface area contributed by atoms with Crippen LogP contribution in [-0.4, -0.2) is 42.0 Å². The summed E-state index contributed by atoms with van der Waals surface area (Å²) in [5, 5.41) is 0. The largest absolute Gasteiger partial charge is 0.453 e. The molecule has 94 valence electrons. The van der Waals surface area contributed by atoms with E-state index in [1.165, 1.54) is 45.4 Å². The van der Waals surface area contributed by atoms with Crippen molar-refractivity contribution in [2.75, 3.05) is 26.2 Å². The number of rotatable bonds is 3. The third-order valence-electron chi connectivity index (χ3n) is 3.69. The number of hydrogen-bond acceptors (Lipinski definition) is 3. The van der Waals surface area contributed by atoms with Crippen molar-refractivity contribution in [1.29, 1.82) is 0 Å². The van der Waals surface area contributed by atoms with Crippen molar-refractivity contribution in [3.63, 3.8) is 0 Å². The predicted octanol–water partition coefficient (Wildman–Crippen LogP) is 2.71. The molecule has 1 aliphatic carbocycles. The first kappa shape index (κ1) is 11.8. The molecule has 0 unspecified atom stereocenters. The first-order chi connectivity index (χ1) is 8.31. The molecule has 3 rings (SSSR count). The minimum absolute atomic E-state index is 0.835. The number of hydrogen-bond donors (Lipinski definition) is 0. The van der Waals surface area contributed by atoms with Crippen molar-refractivity contribution in [3.8, 4) is 0 Å². The van der Waals surface area contributed by atoms with Crippen LogP contribution in [0.3, 0.4) is 0 Å². The van der Waals surface area contributed by atoms with Crippen LogP contribution >= 0.6 is 15.9 Å². The minimum atomic E-state index is 0.835. The van der Waals surface area contributed by atoms with Gasteiger partial charge in [0.1, 0.15) is 5.76 Å². The zero-order valence-electron chi connectivity index (χ0n) is 10.1. The Labute approximate surface area is 111 Å². The Morgan fingerprint density at radius 2 is 2.06 bits per heavy atom. The third-order valence-corrected chi connectivity index (χ3v) is 4.12. The van der Waals surface area contributed by atoms with E-state index in [4.69, 9.17) is 4.42 Å². The standard InChI is InChI=1S/C13H19BrN2O/c14-13-5-4-12(17-13)10-15-6-1-7-16(9-8-15)11-2-3-11/h4-5,11H,1-3,6-10H2. The van der Waals surface area contributed by atoms with E-state index in [9.17, 15) is 0 Å². The van der Waals surface area contributed by atoms with Crippen molar-refractivity contribution in [1.82, 2.24) is 9.80 Å². The van der Waals surface area contributed by atoms with E-state index < -0.39 is 0 Å². The van der Waals surface area contributed by atoms with Gasteiger partial charge in [-0.25, -0.2) is 0 Å². The highest BCUT2D eigenvalue weighted by Gasteiger charge is 2.29. The summed E-state index contributed by atoms with van der Waals surface area (Å²) >= 11 is 3.36. The highest BCUT2D eigenvalue weighted by Crippen LogP contribution is 2.27. The summed E-state index contributed by atoms with van der Waals surface area (Å²) in [7, 11) is 0. The van der Waals surface area contributed by atoms with Crippen LogP contribution in [0.2, 0.25) is 0 Å². The monoisotopic (exact) mass is 298 g/mol. The van der Waals surface area contributed by atoms with Gasteiger partial charge in [0.15, 0.2) is 4.67 Å². The third kappa shape index (κ3) is 3.12. The fraction of sp³-hybridized carbons (Fsp3) is 0.692. The fourth-order valence-corrected chi connectivity index (χ4v) is 2.95. The Kier molecular flexibility index (Phi) is 3.54. The molecule has 3 nitrogen and oxygen atoms in total. The molecule has 4 heteroatoms. The van der Waals surface area contributed by atoms with E-state index in [0.29, 0.717) is 0 Å². The number of nitrogens with zero attached hydrogens (tertiary/aromatic N) is 2. The Balaban J connectivity index is 1.53. The highest BCUT2D eigenvalue weighted by molar-refractivity contribution is 9.10. The Bertz CT molecular complexity index is 375. The van der Waals surface area contributed by atoms with Gasteiger partial charge in [0.05, 0.1) is 6.54 Å². The van der Waals surface area contributed by atoms with E-state index in [1.54, 1.807) is 0 Å². The molecule has 0 atom stereocenters. The van der Waals surface area contributed by atoms with E-state index in [1.807, 2.05) is 6.07 Å². The second-order valence-corrected chi connectivity index (χ2v) is 5.88. The summed E-state index contributed by atoms with van der Waals surface area (Å²) in [6.07, 6.45) is 4.13. The normalized spacial score (nSPS) is 23.8. The van der Waals surface area contributed by atoms with Gasteiger partial charge in [0, 0.05) is 19.1 Å². The summed E-state index contributed by atoms with van der Waals surface area (Å²) in [6.45, 7) is 5.83. The maximum atomic E-state index is 5.58. The van der Waals surface area contributed by atoms with Gasteiger partial charge in [-0.15, -0.1) is 0 Å². The average Bonchev–Trinajstić information content (AvgIpc) is 3.07. The minimum Gasteiger partial charge on any atom is -0.453 e. The molecule has 0 bridgehead atoms. The summed E-state index contributed by atoms with van der Waals surface area (Å²) in [4.78, 5) is 5.17. The zero-order valence-corrected chi connectivity index (χ0v) is 11.7. The lowest BCUT2D eigenvalue weighted by atomic mass is 10.3. The lowest BCUT2D eigenvalue weighted by Gasteiger charge is -2.20. The van der Waals surface area contributed by atoms with E-state index in [0.717, 1.165) is 23.0 Å². The smallest absolute Gasteiger partial charge is 0.169 e. The lowest BCUT2D eigenvalue weighted by Crippen LogP contribution is -2.31. The molecule has 0 N–H and O–H groups in total. The molecule has 1 aromatic rings. The summed E-state index contributed by atoms with van der Waals surface area (Å²) in [5.41, 5.74) is 0. The molecule has 0 radical (unpaired) electrons. The molecule has 2 heterocycles. The van der Waals surface area contributed by atoms with Gasteiger partial charge in [-0.1, -0.05) is 0 Å². The molecule has 1 aromatic heterocycles. The van der Waals surface area contributed by atoms with Gasteiger partial charge in [-0.05, 0) is 60.4 Å². The number of furan rings is 1. The Hall–Kier alpha value is -0.320. The number of halogens is 1. The molecule has 2 aliphatic rings. The summed E-state index contributed by atoms with van der Waals surface area (Å²) < 4.78 is 6.41. The van der Waals surface area contributed by atoms with Gasteiger partial charge in [0.25, 0.3) is 0 Å². The van der Waals surface area contributed by atoms with Crippen LogP contribution in [0, 0.1) is 0 Å². The van der Waals surface area contributed by atoms with Crippen LogP contribution in [0.5, 0.6) is 0 Å². The van der Waals surface area contributed by atoms with Crippen molar-refractivity contribution in [2.24, 2.45) is 0 Å².